The number of para-hydroxylation sites is 1. The number of carbonyl (C=O) groups excluding carboxylic acids is 1. The molecule has 2 aliphatic rings. The number of hydrogen-bond acceptors (Lipinski definition) is 6. The Bertz CT molecular complexity index is 1030. The fourth-order valence-electron chi connectivity index (χ4n) is 3.97. The van der Waals surface area contributed by atoms with Crippen LogP contribution in [0.5, 0.6) is 0 Å². The smallest absolute Gasteiger partial charge is 0.256 e. The van der Waals surface area contributed by atoms with Gasteiger partial charge < -0.3 is 11.1 Å². The molecule has 0 spiro atoms. The van der Waals surface area contributed by atoms with Crippen molar-refractivity contribution in [1.82, 2.24) is 14.1 Å². The minimum Gasteiger partial charge on any atom is -0.385 e. The lowest BCUT2D eigenvalue weighted by molar-refractivity contribution is 0.0859. The van der Waals surface area contributed by atoms with Gasteiger partial charge in [0.1, 0.15) is 5.82 Å². The zero-order valence-electron chi connectivity index (χ0n) is 15.4. The molecule has 0 radical (unpaired) electrons. The van der Waals surface area contributed by atoms with Gasteiger partial charge in [-0.3, -0.25) is 4.79 Å². The minimum atomic E-state index is -3.31. The summed E-state index contributed by atoms with van der Waals surface area (Å²) in [7, 11) is -3.31. The molecule has 0 fully saturated rings. The van der Waals surface area contributed by atoms with Gasteiger partial charge in [0.15, 0.2) is 0 Å². The van der Waals surface area contributed by atoms with Gasteiger partial charge in [-0.15, -0.1) is 0 Å². The number of fused-ring (bicyclic) bond motifs is 2. The molecule has 0 saturated heterocycles. The molecule has 0 amide bonds. The molecular weight excluding hydrogens is 366 g/mol. The topological polar surface area (TPSA) is 110 Å². The average Bonchev–Trinajstić information content (AvgIpc) is 2.97. The minimum absolute atomic E-state index is 0.153. The van der Waals surface area contributed by atoms with Crippen LogP contribution in [0.15, 0.2) is 18.2 Å². The number of nitrogen functional groups attached to an aromatic ring is 1. The first-order chi connectivity index (χ1) is 12.8. The summed E-state index contributed by atoms with van der Waals surface area (Å²) in [5.41, 5.74) is 10.6. The maximum absolute atomic E-state index is 13.3. The van der Waals surface area contributed by atoms with Gasteiger partial charge in [-0.05, 0) is 30.9 Å². The Morgan fingerprint density at radius 1 is 1.37 bits per heavy atom. The van der Waals surface area contributed by atoms with Gasteiger partial charge >= 0.3 is 0 Å². The lowest BCUT2D eigenvalue weighted by Crippen LogP contribution is -2.35. The van der Waals surface area contributed by atoms with Crippen LogP contribution in [0.4, 0.5) is 11.5 Å². The van der Waals surface area contributed by atoms with Crippen molar-refractivity contribution >= 4 is 27.4 Å². The highest BCUT2D eigenvalue weighted by molar-refractivity contribution is 7.88. The highest BCUT2D eigenvalue weighted by Crippen LogP contribution is 2.36. The number of rotatable bonds is 2. The number of aryl methyl sites for hydroxylation is 1. The lowest BCUT2D eigenvalue weighted by atomic mass is 9.88. The van der Waals surface area contributed by atoms with Crippen molar-refractivity contribution in [3.05, 3.63) is 40.6 Å². The zero-order chi connectivity index (χ0) is 19.3. The van der Waals surface area contributed by atoms with Crippen molar-refractivity contribution in [3.63, 3.8) is 0 Å². The number of nitrogens with two attached hydrogens (primary N) is 1. The number of carbonyl (C=O) groups is 1. The van der Waals surface area contributed by atoms with Crippen LogP contribution < -0.4 is 11.1 Å². The summed E-state index contributed by atoms with van der Waals surface area (Å²) in [5.74, 6) is -0.159. The molecule has 1 aromatic carbocycles. The summed E-state index contributed by atoms with van der Waals surface area (Å²) in [4.78, 5) is 13.3. The molecule has 0 saturated carbocycles. The van der Waals surface area contributed by atoms with E-state index in [-0.39, 0.29) is 18.4 Å². The van der Waals surface area contributed by atoms with Crippen molar-refractivity contribution in [2.45, 2.75) is 32.2 Å². The highest BCUT2D eigenvalue weighted by atomic mass is 32.2. The Morgan fingerprint density at radius 2 is 2.15 bits per heavy atom. The number of hydrogen-bond donors (Lipinski definition) is 2. The Hall–Kier alpha value is -2.39. The normalized spacial score (nSPS) is 19.9. The molecule has 2 aromatic rings. The van der Waals surface area contributed by atoms with E-state index < -0.39 is 10.0 Å². The molecule has 0 bridgehead atoms. The monoisotopic (exact) mass is 389 g/mol. The van der Waals surface area contributed by atoms with E-state index in [9.17, 15) is 13.2 Å². The molecule has 27 heavy (non-hydrogen) atoms. The van der Waals surface area contributed by atoms with Crippen molar-refractivity contribution in [2.75, 3.05) is 30.4 Å². The van der Waals surface area contributed by atoms with Crippen LogP contribution >= 0.6 is 0 Å². The van der Waals surface area contributed by atoms with E-state index in [2.05, 4.69) is 10.4 Å². The first kappa shape index (κ1) is 18.0. The van der Waals surface area contributed by atoms with Crippen LogP contribution in [0.25, 0.3) is 0 Å². The van der Waals surface area contributed by atoms with Crippen molar-refractivity contribution in [3.8, 4) is 0 Å². The summed E-state index contributed by atoms with van der Waals surface area (Å²) in [6.45, 7) is 3.22. The Kier molecular flexibility index (Phi) is 4.23. The van der Waals surface area contributed by atoms with Gasteiger partial charge in [-0.1, -0.05) is 18.2 Å². The number of nitrogens with one attached hydrogen (secondary N) is 1. The highest BCUT2D eigenvalue weighted by Gasteiger charge is 2.33. The number of sulfonamides is 1. The predicted octanol–water partition coefficient (Wildman–Crippen LogP) is 1.33. The molecule has 2 aliphatic heterocycles. The van der Waals surface area contributed by atoms with E-state index in [1.165, 1.54) is 15.2 Å². The number of anilines is 2. The number of benzene rings is 1. The second kappa shape index (κ2) is 6.35. The Labute approximate surface area is 158 Å². The van der Waals surface area contributed by atoms with Gasteiger partial charge in [-0.2, -0.15) is 14.1 Å². The second-order valence-electron chi connectivity index (χ2n) is 7.21. The van der Waals surface area contributed by atoms with Crippen LogP contribution in [0, 0.1) is 6.92 Å². The average molecular weight is 389 g/mol. The summed E-state index contributed by atoms with van der Waals surface area (Å²) in [5, 5.41) is 7.77. The van der Waals surface area contributed by atoms with Crippen molar-refractivity contribution < 1.29 is 13.2 Å². The van der Waals surface area contributed by atoms with E-state index in [4.69, 9.17) is 5.73 Å². The molecule has 1 atom stereocenters. The fourth-order valence-corrected chi connectivity index (χ4v) is 4.75. The predicted molar refractivity (Wildman–Crippen MR) is 103 cm³/mol. The largest absolute Gasteiger partial charge is 0.385 e. The molecule has 8 nitrogen and oxygen atoms in total. The van der Waals surface area contributed by atoms with E-state index in [1.807, 2.05) is 25.1 Å². The molecule has 9 heteroatoms. The van der Waals surface area contributed by atoms with Crippen LogP contribution in [0.2, 0.25) is 0 Å². The number of aromatic nitrogens is 2. The summed E-state index contributed by atoms with van der Waals surface area (Å²) >= 11 is 0. The molecule has 3 N–H and O–H groups in total. The Morgan fingerprint density at radius 3 is 2.89 bits per heavy atom. The molecular formula is C18H23N5O3S. The van der Waals surface area contributed by atoms with Gasteiger partial charge in [-0.25, -0.2) is 8.42 Å². The van der Waals surface area contributed by atoms with E-state index in [1.54, 1.807) is 0 Å². The van der Waals surface area contributed by atoms with E-state index in [0.29, 0.717) is 37.4 Å². The third-order valence-corrected chi connectivity index (χ3v) is 6.68. The quantitative estimate of drug-likeness (QED) is 0.802. The summed E-state index contributed by atoms with van der Waals surface area (Å²) in [6.07, 6.45) is 2.30. The third kappa shape index (κ3) is 3.00. The summed E-state index contributed by atoms with van der Waals surface area (Å²) < 4.78 is 26.3. The van der Waals surface area contributed by atoms with Gasteiger partial charge in [0.05, 0.1) is 24.4 Å². The maximum Gasteiger partial charge on any atom is 0.256 e. The number of nitrogens with zero attached hydrogens (tertiary/aromatic N) is 3. The zero-order valence-corrected chi connectivity index (χ0v) is 16.2. The fraction of sp³-hybridized carbons (Fsp3) is 0.444. The molecule has 0 aliphatic carbocycles. The lowest BCUT2D eigenvalue weighted by Gasteiger charge is -2.27. The van der Waals surface area contributed by atoms with Crippen LogP contribution in [-0.2, 0) is 23.0 Å². The Balaban J connectivity index is 1.69. The maximum atomic E-state index is 13.3. The molecule has 1 unspecified atom stereocenters. The van der Waals surface area contributed by atoms with Crippen LogP contribution in [-0.4, -0.2) is 47.8 Å². The standard InChI is InChI=1S/C18H23N5O3S/c1-11-4-3-5-12-13(6-8-20-16(11)12)18(24)23-17(19)14-7-9-22(27(2,25)26)10-15(14)21-23/h3-5,13,20H,6-10,19H2,1-2H3. The molecule has 3 heterocycles. The second-order valence-corrected chi connectivity index (χ2v) is 9.20. The summed E-state index contributed by atoms with van der Waals surface area (Å²) in [6, 6.07) is 5.92. The first-order valence-corrected chi connectivity index (χ1v) is 10.8. The van der Waals surface area contributed by atoms with Crippen molar-refractivity contribution in [2.24, 2.45) is 0 Å². The third-order valence-electron chi connectivity index (χ3n) is 5.43. The van der Waals surface area contributed by atoms with Crippen LogP contribution in [0.3, 0.4) is 0 Å². The molecule has 1 aromatic heterocycles. The van der Waals surface area contributed by atoms with Gasteiger partial charge in [0.25, 0.3) is 5.91 Å². The van der Waals surface area contributed by atoms with Crippen molar-refractivity contribution in [1.29, 1.82) is 0 Å². The SMILES string of the molecule is Cc1cccc2c1NCCC2C(=O)n1nc2c(c1N)CCN(S(C)(=O)=O)C2. The van der Waals surface area contributed by atoms with Gasteiger partial charge in [0.2, 0.25) is 10.0 Å². The van der Waals surface area contributed by atoms with E-state index >= 15 is 0 Å². The molecule has 144 valence electrons. The first-order valence-electron chi connectivity index (χ1n) is 8.96. The molecule has 4 rings (SSSR count). The van der Waals surface area contributed by atoms with E-state index in [0.717, 1.165) is 22.4 Å². The van der Waals surface area contributed by atoms with Gasteiger partial charge in [0, 0.05) is 24.3 Å². The van der Waals surface area contributed by atoms with Crippen LogP contribution in [0.1, 0.15) is 39.5 Å².